The standard InChI is InChI=1S/C11H11Cl2NO2/c12-9-2-3-10(13)8(7-9)1-4-11(16)14-5-6-15/h1-4,7,15H,5-6H2,(H,14,16)/b4-1+. The first kappa shape index (κ1) is 13.0. The van der Waals surface area contributed by atoms with Gasteiger partial charge in [0, 0.05) is 22.7 Å². The van der Waals surface area contributed by atoms with Gasteiger partial charge >= 0.3 is 0 Å². The molecule has 3 nitrogen and oxygen atoms in total. The molecule has 0 saturated heterocycles. The Labute approximate surface area is 104 Å². The maximum atomic E-state index is 11.2. The summed E-state index contributed by atoms with van der Waals surface area (Å²) in [7, 11) is 0. The molecular weight excluding hydrogens is 249 g/mol. The lowest BCUT2D eigenvalue weighted by Crippen LogP contribution is -2.24. The summed E-state index contributed by atoms with van der Waals surface area (Å²) in [6.07, 6.45) is 2.91. The molecular formula is C11H11Cl2NO2. The number of hydrogen-bond donors (Lipinski definition) is 2. The van der Waals surface area contributed by atoms with E-state index in [9.17, 15) is 4.79 Å². The van der Waals surface area contributed by atoms with Gasteiger partial charge in [0.05, 0.1) is 6.61 Å². The summed E-state index contributed by atoms with van der Waals surface area (Å²) < 4.78 is 0. The van der Waals surface area contributed by atoms with Gasteiger partial charge in [0.1, 0.15) is 0 Å². The van der Waals surface area contributed by atoms with E-state index in [0.717, 1.165) is 0 Å². The fourth-order valence-electron chi connectivity index (χ4n) is 1.05. The number of carbonyl (C=O) groups excluding carboxylic acids is 1. The molecule has 0 heterocycles. The summed E-state index contributed by atoms with van der Waals surface area (Å²) in [5.74, 6) is -0.287. The molecule has 86 valence electrons. The van der Waals surface area contributed by atoms with Gasteiger partial charge in [-0.15, -0.1) is 0 Å². The minimum atomic E-state index is -0.287. The van der Waals surface area contributed by atoms with Crippen molar-refractivity contribution in [3.05, 3.63) is 39.9 Å². The van der Waals surface area contributed by atoms with Gasteiger partial charge < -0.3 is 10.4 Å². The van der Waals surface area contributed by atoms with E-state index in [1.807, 2.05) is 0 Å². The Morgan fingerprint density at radius 2 is 2.19 bits per heavy atom. The Morgan fingerprint density at radius 3 is 2.88 bits per heavy atom. The fourth-order valence-corrected chi connectivity index (χ4v) is 1.41. The summed E-state index contributed by atoms with van der Waals surface area (Å²) in [6.45, 7) is 0.143. The predicted molar refractivity (Wildman–Crippen MR) is 65.6 cm³/mol. The van der Waals surface area contributed by atoms with E-state index in [0.29, 0.717) is 15.6 Å². The van der Waals surface area contributed by atoms with Gasteiger partial charge in [-0.3, -0.25) is 4.79 Å². The van der Waals surface area contributed by atoms with Crippen LogP contribution in [0.4, 0.5) is 0 Å². The molecule has 16 heavy (non-hydrogen) atoms. The number of rotatable bonds is 4. The van der Waals surface area contributed by atoms with E-state index in [-0.39, 0.29) is 19.1 Å². The molecule has 1 aromatic rings. The van der Waals surface area contributed by atoms with Crippen LogP contribution in [-0.4, -0.2) is 24.2 Å². The van der Waals surface area contributed by atoms with Crippen LogP contribution in [0.2, 0.25) is 10.0 Å². The molecule has 0 bridgehead atoms. The number of benzene rings is 1. The average Bonchev–Trinajstić information content (AvgIpc) is 2.27. The Hall–Kier alpha value is -1.03. The lowest BCUT2D eigenvalue weighted by Gasteiger charge is -2.00. The van der Waals surface area contributed by atoms with Gasteiger partial charge in [0.15, 0.2) is 0 Å². The molecule has 0 atom stereocenters. The molecule has 0 aromatic heterocycles. The van der Waals surface area contributed by atoms with Crippen LogP contribution in [0.5, 0.6) is 0 Å². The third kappa shape index (κ3) is 4.23. The van der Waals surface area contributed by atoms with Gasteiger partial charge in [-0.25, -0.2) is 0 Å². The van der Waals surface area contributed by atoms with E-state index >= 15 is 0 Å². The molecule has 0 aliphatic rings. The van der Waals surface area contributed by atoms with E-state index in [1.54, 1.807) is 24.3 Å². The normalized spacial score (nSPS) is 10.7. The summed E-state index contributed by atoms with van der Waals surface area (Å²) in [4.78, 5) is 11.2. The van der Waals surface area contributed by atoms with E-state index in [1.165, 1.54) is 6.08 Å². The van der Waals surface area contributed by atoms with E-state index in [4.69, 9.17) is 28.3 Å². The average molecular weight is 260 g/mol. The van der Waals surface area contributed by atoms with Crippen LogP contribution in [0, 0.1) is 0 Å². The number of aliphatic hydroxyl groups is 1. The van der Waals surface area contributed by atoms with Crippen LogP contribution in [0.3, 0.4) is 0 Å². The van der Waals surface area contributed by atoms with E-state index in [2.05, 4.69) is 5.32 Å². The minimum absolute atomic E-state index is 0.0858. The van der Waals surface area contributed by atoms with Gasteiger partial charge in [0.2, 0.25) is 5.91 Å². The van der Waals surface area contributed by atoms with Crippen molar-refractivity contribution in [2.24, 2.45) is 0 Å². The van der Waals surface area contributed by atoms with Crippen molar-refractivity contribution in [2.45, 2.75) is 0 Å². The lowest BCUT2D eigenvalue weighted by molar-refractivity contribution is -0.116. The molecule has 0 saturated carbocycles. The number of amides is 1. The first-order valence-electron chi connectivity index (χ1n) is 4.65. The van der Waals surface area contributed by atoms with Crippen molar-refractivity contribution in [3.63, 3.8) is 0 Å². The second-order valence-corrected chi connectivity index (χ2v) is 3.86. The molecule has 5 heteroatoms. The monoisotopic (exact) mass is 259 g/mol. The van der Waals surface area contributed by atoms with Crippen LogP contribution in [0.15, 0.2) is 24.3 Å². The quantitative estimate of drug-likeness (QED) is 0.814. The summed E-state index contributed by atoms with van der Waals surface area (Å²) in [5.41, 5.74) is 0.674. The second-order valence-electron chi connectivity index (χ2n) is 3.01. The molecule has 0 spiro atoms. The summed E-state index contributed by atoms with van der Waals surface area (Å²) in [6, 6.07) is 5.00. The Kier molecular flexibility index (Phi) is 5.32. The minimum Gasteiger partial charge on any atom is -0.395 e. The highest BCUT2D eigenvalue weighted by atomic mass is 35.5. The van der Waals surface area contributed by atoms with Gasteiger partial charge in [0.25, 0.3) is 0 Å². The molecule has 0 unspecified atom stereocenters. The van der Waals surface area contributed by atoms with Crippen molar-refractivity contribution < 1.29 is 9.90 Å². The Bertz CT molecular complexity index is 405. The van der Waals surface area contributed by atoms with E-state index < -0.39 is 0 Å². The van der Waals surface area contributed by atoms with Crippen molar-refractivity contribution in [2.75, 3.05) is 13.2 Å². The first-order chi connectivity index (χ1) is 7.63. The summed E-state index contributed by atoms with van der Waals surface area (Å²) in [5, 5.41) is 12.1. The topological polar surface area (TPSA) is 49.3 Å². The Balaban J connectivity index is 2.68. The van der Waals surface area contributed by atoms with Gasteiger partial charge in [-0.2, -0.15) is 0 Å². The van der Waals surface area contributed by atoms with Crippen LogP contribution >= 0.6 is 23.2 Å². The maximum absolute atomic E-state index is 11.2. The highest BCUT2D eigenvalue weighted by Gasteiger charge is 1.99. The van der Waals surface area contributed by atoms with Crippen LogP contribution in [0.1, 0.15) is 5.56 Å². The third-order valence-corrected chi connectivity index (χ3v) is 2.36. The van der Waals surface area contributed by atoms with Crippen LogP contribution in [0.25, 0.3) is 6.08 Å². The van der Waals surface area contributed by atoms with Gasteiger partial charge in [-0.05, 0) is 29.8 Å². The number of carbonyl (C=O) groups is 1. The molecule has 1 aromatic carbocycles. The summed E-state index contributed by atoms with van der Waals surface area (Å²) >= 11 is 11.7. The maximum Gasteiger partial charge on any atom is 0.244 e. The number of aliphatic hydroxyl groups excluding tert-OH is 1. The highest BCUT2D eigenvalue weighted by molar-refractivity contribution is 6.34. The fraction of sp³-hybridized carbons (Fsp3) is 0.182. The second kappa shape index (κ2) is 6.53. The molecule has 1 rings (SSSR count). The molecule has 2 N–H and O–H groups in total. The number of hydrogen-bond acceptors (Lipinski definition) is 2. The smallest absolute Gasteiger partial charge is 0.244 e. The SMILES string of the molecule is O=C(/C=C/c1cc(Cl)ccc1Cl)NCCO. The predicted octanol–water partition coefficient (Wildman–Crippen LogP) is 2.12. The highest BCUT2D eigenvalue weighted by Crippen LogP contribution is 2.21. The largest absolute Gasteiger partial charge is 0.395 e. The zero-order chi connectivity index (χ0) is 12.0. The lowest BCUT2D eigenvalue weighted by atomic mass is 10.2. The zero-order valence-corrected chi connectivity index (χ0v) is 9.92. The molecule has 0 radical (unpaired) electrons. The molecule has 0 fully saturated rings. The molecule has 1 amide bonds. The third-order valence-electron chi connectivity index (χ3n) is 1.78. The van der Waals surface area contributed by atoms with Crippen LogP contribution in [-0.2, 0) is 4.79 Å². The molecule has 0 aliphatic heterocycles. The Morgan fingerprint density at radius 1 is 1.44 bits per heavy atom. The number of nitrogens with one attached hydrogen (secondary N) is 1. The van der Waals surface area contributed by atoms with Crippen LogP contribution < -0.4 is 5.32 Å². The van der Waals surface area contributed by atoms with Crippen molar-refractivity contribution in [3.8, 4) is 0 Å². The first-order valence-corrected chi connectivity index (χ1v) is 5.41. The van der Waals surface area contributed by atoms with Crippen molar-refractivity contribution in [1.82, 2.24) is 5.32 Å². The van der Waals surface area contributed by atoms with Crippen molar-refractivity contribution >= 4 is 35.2 Å². The van der Waals surface area contributed by atoms with Crippen molar-refractivity contribution in [1.29, 1.82) is 0 Å². The van der Waals surface area contributed by atoms with Gasteiger partial charge in [-0.1, -0.05) is 23.2 Å². The molecule has 0 aliphatic carbocycles. The zero-order valence-electron chi connectivity index (χ0n) is 8.41. The number of halogens is 2.